The molecule has 0 saturated heterocycles. The van der Waals surface area contributed by atoms with Crippen LogP contribution in [-0.4, -0.2) is 35.0 Å². The Hall–Kier alpha value is -4.68. The van der Waals surface area contributed by atoms with Crippen LogP contribution in [-0.2, 0) is 17.5 Å². The standard InChI is InChI=1S/C24H17F4N7O2/c1-12-9-29-13(2)7-16(12)17-8-21-34(11-20(36)32-19-6-3-14(25)10-30-19)23(37)15-4-5-18(24(26,27)28)31-22(15)35(21)33-17/h3-10H,11H2,1-2H3,(H,30,32,36). The number of nitrogens with one attached hydrogen (secondary N) is 1. The molecule has 5 aromatic heterocycles. The van der Waals surface area contributed by atoms with E-state index in [9.17, 15) is 27.2 Å². The molecule has 5 aromatic rings. The highest BCUT2D eigenvalue weighted by molar-refractivity contribution is 5.90. The predicted octanol–water partition coefficient (Wildman–Crippen LogP) is 3.91. The maximum atomic E-state index is 13.4. The molecule has 0 spiro atoms. The van der Waals surface area contributed by atoms with Crippen molar-refractivity contribution in [2.45, 2.75) is 26.6 Å². The number of alkyl halides is 3. The molecule has 37 heavy (non-hydrogen) atoms. The maximum Gasteiger partial charge on any atom is 0.433 e. The molecule has 0 radical (unpaired) electrons. The Morgan fingerprint density at radius 1 is 1.05 bits per heavy atom. The number of fused-ring (bicyclic) bond motifs is 3. The van der Waals surface area contributed by atoms with Crippen LogP contribution in [0.5, 0.6) is 0 Å². The first-order valence-corrected chi connectivity index (χ1v) is 10.9. The molecular weight excluding hydrogens is 494 g/mol. The highest BCUT2D eigenvalue weighted by atomic mass is 19.4. The van der Waals surface area contributed by atoms with Gasteiger partial charge >= 0.3 is 6.18 Å². The Bertz CT molecular complexity index is 1740. The van der Waals surface area contributed by atoms with E-state index < -0.39 is 35.7 Å². The lowest BCUT2D eigenvalue weighted by Gasteiger charge is -2.12. The van der Waals surface area contributed by atoms with Crippen molar-refractivity contribution in [3.8, 4) is 11.3 Å². The van der Waals surface area contributed by atoms with Crippen molar-refractivity contribution >= 4 is 28.4 Å². The predicted molar refractivity (Wildman–Crippen MR) is 125 cm³/mol. The molecule has 188 valence electrons. The summed E-state index contributed by atoms with van der Waals surface area (Å²) in [5.41, 5.74) is 0.252. The molecule has 0 fully saturated rings. The van der Waals surface area contributed by atoms with E-state index in [0.29, 0.717) is 23.0 Å². The first-order valence-electron chi connectivity index (χ1n) is 10.9. The minimum Gasteiger partial charge on any atom is -0.309 e. The molecule has 0 aromatic carbocycles. The molecule has 0 bridgehead atoms. The van der Waals surface area contributed by atoms with E-state index in [-0.39, 0.29) is 22.5 Å². The highest BCUT2D eigenvalue weighted by Crippen LogP contribution is 2.30. The van der Waals surface area contributed by atoms with Crippen LogP contribution in [0.4, 0.5) is 23.4 Å². The topological polar surface area (TPSA) is 107 Å². The van der Waals surface area contributed by atoms with Gasteiger partial charge in [0.1, 0.15) is 29.5 Å². The molecule has 0 aliphatic heterocycles. The Kier molecular flexibility index (Phi) is 5.69. The van der Waals surface area contributed by atoms with Crippen LogP contribution >= 0.6 is 0 Å². The number of hydrogen-bond donors (Lipinski definition) is 1. The van der Waals surface area contributed by atoms with Crippen LogP contribution < -0.4 is 10.9 Å². The van der Waals surface area contributed by atoms with Gasteiger partial charge in [-0.15, -0.1) is 0 Å². The molecule has 0 atom stereocenters. The van der Waals surface area contributed by atoms with Gasteiger partial charge in [-0.3, -0.25) is 19.1 Å². The normalized spacial score (nSPS) is 11.8. The smallest absolute Gasteiger partial charge is 0.309 e. The number of aromatic nitrogens is 6. The molecule has 5 rings (SSSR count). The molecule has 0 unspecified atom stereocenters. The van der Waals surface area contributed by atoms with Gasteiger partial charge in [-0.2, -0.15) is 22.8 Å². The minimum absolute atomic E-state index is 0.0513. The maximum absolute atomic E-state index is 13.4. The fraction of sp³-hybridized carbons (Fsp3) is 0.167. The van der Waals surface area contributed by atoms with Gasteiger partial charge in [-0.05, 0) is 49.7 Å². The first-order chi connectivity index (χ1) is 17.5. The molecule has 1 amide bonds. The number of pyridine rings is 3. The van der Waals surface area contributed by atoms with E-state index in [1.807, 2.05) is 0 Å². The number of aryl methyl sites for hydroxylation is 2. The summed E-state index contributed by atoms with van der Waals surface area (Å²) in [6.07, 6.45) is -2.20. The lowest BCUT2D eigenvalue weighted by molar-refractivity contribution is -0.141. The van der Waals surface area contributed by atoms with Gasteiger partial charge in [0.05, 0.1) is 17.3 Å². The largest absolute Gasteiger partial charge is 0.433 e. The highest BCUT2D eigenvalue weighted by Gasteiger charge is 2.33. The van der Waals surface area contributed by atoms with Gasteiger partial charge in [0.25, 0.3) is 5.56 Å². The number of carbonyl (C=O) groups is 1. The second-order valence-electron chi connectivity index (χ2n) is 8.31. The number of rotatable bonds is 4. The van der Waals surface area contributed by atoms with Gasteiger partial charge < -0.3 is 5.32 Å². The van der Waals surface area contributed by atoms with E-state index >= 15 is 0 Å². The summed E-state index contributed by atoms with van der Waals surface area (Å²) in [7, 11) is 0. The summed E-state index contributed by atoms with van der Waals surface area (Å²) in [5.74, 6) is -1.20. The van der Waals surface area contributed by atoms with Crippen molar-refractivity contribution in [3.05, 3.63) is 81.9 Å². The molecule has 13 heteroatoms. The van der Waals surface area contributed by atoms with E-state index in [2.05, 4.69) is 25.4 Å². The number of anilines is 1. The van der Waals surface area contributed by atoms with Crippen LogP contribution in [0, 0.1) is 19.7 Å². The average Bonchev–Trinajstić information content (AvgIpc) is 3.29. The minimum atomic E-state index is -4.74. The van der Waals surface area contributed by atoms with E-state index in [4.69, 9.17) is 0 Å². The zero-order valence-corrected chi connectivity index (χ0v) is 19.3. The Morgan fingerprint density at radius 3 is 2.54 bits per heavy atom. The Morgan fingerprint density at radius 2 is 1.84 bits per heavy atom. The second-order valence-corrected chi connectivity index (χ2v) is 8.31. The molecule has 0 aliphatic carbocycles. The Balaban J connectivity index is 1.70. The molecule has 9 nitrogen and oxygen atoms in total. The zero-order chi connectivity index (χ0) is 26.5. The number of nitrogens with zero attached hydrogens (tertiary/aromatic N) is 6. The fourth-order valence-corrected chi connectivity index (χ4v) is 3.87. The van der Waals surface area contributed by atoms with Crippen LogP contribution in [0.15, 0.2) is 53.6 Å². The monoisotopic (exact) mass is 511 g/mol. The van der Waals surface area contributed by atoms with Crippen molar-refractivity contribution in [1.82, 2.24) is 29.1 Å². The molecule has 5 heterocycles. The van der Waals surface area contributed by atoms with Crippen LogP contribution in [0.1, 0.15) is 17.0 Å². The molecule has 0 saturated carbocycles. The third-order valence-electron chi connectivity index (χ3n) is 5.62. The van der Waals surface area contributed by atoms with Crippen LogP contribution in [0.25, 0.3) is 27.9 Å². The van der Waals surface area contributed by atoms with Crippen molar-refractivity contribution in [2.24, 2.45) is 0 Å². The average molecular weight is 511 g/mol. The number of halogens is 4. The molecule has 1 N–H and O–H groups in total. The zero-order valence-electron chi connectivity index (χ0n) is 19.3. The van der Waals surface area contributed by atoms with Crippen molar-refractivity contribution in [3.63, 3.8) is 0 Å². The van der Waals surface area contributed by atoms with Gasteiger partial charge in [0, 0.05) is 23.5 Å². The lowest BCUT2D eigenvalue weighted by atomic mass is 10.1. The van der Waals surface area contributed by atoms with E-state index in [1.54, 1.807) is 26.1 Å². The van der Waals surface area contributed by atoms with Crippen LogP contribution in [0.3, 0.4) is 0 Å². The number of amides is 1. The number of hydrogen-bond acceptors (Lipinski definition) is 6. The van der Waals surface area contributed by atoms with E-state index in [0.717, 1.165) is 33.0 Å². The third-order valence-corrected chi connectivity index (χ3v) is 5.62. The quantitative estimate of drug-likeness (QED) is 0.367. The number of carbonyl (C=O) groups excluding carboxylic acids is 1. The summed E-state index contributed by atoms with van der Waals surface area (Å²) < 4.78 is 55.5. The molecular formula is C24H17F4N7O2. The summed E-state index contributed by atoms with van der Waals surface area (Å²) in [6, 6.07) is 7.31. The van der Waals surface area contributed by atoms with Crippen molar-refractivity contribution in [2.75, 3.05) is 5.32 Å². The van der Waals surface area contributed by atoms with Crippen molar-refractivity contribution < 1.29 is 22.4 Å². The van der Waals surface area contributed by atoms with E-state index in [1.165, 1.54) is 12.1 Å². The van der Waals surface area contributed by atoms with Crippen LogP contribution in [0.2, 0.25) is 0 Å². The van der Waals surface area contributed by atoms with Gasteiger partial charge in [0.2, 0.25) is 5.91 Å². The lowest BCUT2D eigenvalue weighted by Crippen LogP contribution is -2.30. The SMILES string of the molecule is Cc1cc(-c2cc3n(CC(=O)Nc4ccc(F)cn4)c(=O)c4ccc(C(F)(F)F)nc4n3n2)c(C)cn1. The fourth-order valence-electron chi connectivity index (χ4n) is 3.87. The Labute approximate surface area is 205 Å². The summed E-state index contributed by atoms with van der Waals surface area (Å²) in [4.78, 5) is 37.8. The second kappa shape index (κ2) is 8.76. The summed E-state index contributed by atoms with van der Waals surface area (Å²) in [6.45, 7) is 3.05. The summed E-state index contributed by atoms with van der Waals surface area (Å²) in [5, 5.41) is 6.75. The summed E-state index contributed by atoms with van der Waals surface area (Å²) >= 11 is 0. The van der Waals surface area contributed by atoms with Gasteiger partial charge in [-0.25, -0.2) is 14.4 Å². The first kappa shape index (κ1) is 24.0. The van der Waals surface area contributed by atoms with Crippen molar-refractivity contribution in [1.29, 1.82) is 0 Å². The van der Waals surface area contributed by atoms with Gasteiger partial charge in [0.15, 0.2) is 5.65 Å². The molecule has 0 aliphatic rings. The third kappa shape index (κ3) is 4.50. The van der Waals surface area contributed by atoms with Gasteiger partial charge in [-0.1, -0.05) is 0 Å².